The zero-order chi connectivity index (χ0) is 40.6. The Balaban J connectivity index is 1.38. The van der Waals surface area contributed by atoms with Crippen molar-refractivity contribution in [2.45, 2.75) is 105 Å². The zero-order valence-corrected chi connectivity index (χ0v) is 33.9. The minimum atomic E-state index is -1.07. The van der Waals surface area contributed by atoms with Crippen LogP contribution >= 0.6 is 0 Å². The molecule has 0 radical (unpaired) electrons. The number of hydrogen-bond donors (Lipinski definition) is 4. The molecule has 5 atom stereocenters. The quantitative estimate of drug-likeness (QED) is 0.122. The van der Waals surface area contributed by atoms with Crippen LogP contribution in [0.1, 0.15) is 70.5 Å². The monoisotopic (exact) mass is 761 g/mol. The number of aromatic nitrogens is 2. The van der Waals surface area contributed by atoms with Crippen molar-refractivity contribution in [1.82, 2.24) is 30.4 Å². The van der Waals surface area contributed by atoms with Gasteiger partial charge in [-0.05, 0) is 72.4 Å². The molecule has 0 unspecified atom stereocenters. The summed E-state index contributed by atoms with van der Waals surface area (Å²) in [6.07, 6.45) is 1.59. The van der Waals surface area contributed by atoms with Crippen molar-refractivity contribution < 1.29 is 19.5 Å². The summed E-state index contributed by atoms with van der Waals surface area (Å²) in [5.41, 5.74) is 10.7. The molecule has 298 valence electrons. The molecule has 0 saturated carbocycles. The fourth-order valence-electron chi connectivity index (χ4n) is 7.25. The number of nitrogens with zero attached hydrogens (tertiary/aromatic N) is 4. The molecular weight excluding hydrogens is 703 g/mol. The minimum absolute atomic E-state index is 0.141. The number of urea groups is 1. The summed E-state index contributed by atoms with van der Waals surface area (Å²) in [6, 6.07) is 26.1. The fourth-order valence-corrected chi connectivity index (χ4v) is 7.25. The summed E-state index contributed by atoms with van der Waals surface area (Å²) >= 11 is 0. The van der Waals surface area contributed by atoms with Crippen LogP contribution in [0, 0.1) is 17.8 Å². The molecule has 5 rings (SSSR count). The topological polar surface area (TPSA) is 154 Å². The molecule has 2 aromatic heterocycles. The molecule has 1 aliphatic rings. The molecule has 1 saturated heterocycles. The van der Waals surface area contributed by atoms with Crippen LogP contribution in [-0.2, 0) is 29.0 Å². The average molecular weight is 762 g/mol. The van der Waals surface area contributed by atoms with Crippen LogP contribution in [0.4, 0.5) is 4.79 Å². The maximum absolute atomic E-state index is 14.5. The number of carbonyl (C=O) groups is 3. The van der Waals surface area contributed by atoms with Crippen molar-refractivity contribution in [3.05, 3.63) is 120 Å². The lowest BCUT2D eigenvalue weighted by atomic mass is 9.84. The number of rotatable bonds is 15. The van der Waals surface area contributed by atoms with E-state index in [4.69, 9.17) is 5.73 Å². The highest BCUT2D eigenvalue weighted by Crippen LogP contribution is 2.29. The molecule has 11 heteroatoms. The second-order valence-electron chi connectivity index (χ2n) is 17.2. The van der Waals surface area contributed by atoms with Crippen molar-refractivity contribution in [2.24, 2.45) is 16.6 Å². The van der Waals surface area contributed by atoms with E-state index in [0.717, 1.165) is 33.8 Å². The lowest BCUT2D eigenvalue weighted by Gasteiger charge is -2.38. The van der Waals surface area contributed by atoms with Crippen LogP contribution in [0.25, 0.3) is 11.3 Å². The first kappa shape index (κ1) is 42.0. The van der Waals surface area contributed by atoms with Gasteiger partial charge in [0.1, 0.15) is 6.04 Å². The van der Waals surface area contributed by atoms with Gasteiger partial charge in [-0.1, -0.05) is 108 Å². The van der Waals surface area contributed by atoms with Crippen LogP contribution in [0.5, 0.6) is 0 Å². The van der Waals surface area contributed by atoms with E-state index in [1.165, 1.54) is 0 Å². The Morgan fingerprint density at radius 3 is 2.11 bits per heavy atom. The van der Waals surface area contributed by atoms with Crippen molar-refractivity contribution in [2.75, 3.05) is 13.1 Å². The molecule has 3 heterocycles. The Labute approximate surface area is 332 Å². The SMILES string of the molecule is Cc1cccc(CN2CCN([C@H](C(=O)N[C@@H](Cc3ccccc3)[C@@H](O)C[C@H](Cc3ccc(-c4ccccn4)cc3)NC(=O)[C@@H](N)C(C)(C)C)C(C)(C)C)C2=O)n1. The predicted molar refractivity (Wildman–Crippen MR) is 220 cm³/mol. The first-order valence-electron chi connectivity index (χ1n) is 19.6. The average Bonchev–Trinajstić information content (AvgIpc) is 3.49. The normalized spacial score (nSPS) is 16.2. The largest absolute Gasteiger partial charge is 0.391 e. The summed E-state index contributed by atoms with van der Waals surface area (Å²) in [4.78, 5) is 54.3. The molecule has 2 aromatic carbocycles. The number of pyridine rings is 2. The molecule has 4 aromatic rings. The van der Waals surface area contributed by atoms with E-state index >= 15 is 0 Å². The lowest BCUT2D eigenvalue weighted by Crippen LogP contribution is -2.59. The number of aliphatic hydroxyl groups is 1. The van der Waals surface area contributed by atoms with E-state index in [2.05, 4.69) is 20.6 Å². The molecule has 1 fully saturated rings. The van der Waals surface area contributed by atoms with Crippen molar-refractivity contribution in [3.8, 4) is 11.3 Å². The van der Waals surface area contributed by atoms with Crippen LogP contribution in [0.2, 0.25) is 0 Å². The zero-order valence-electron chi connectivity index (χ0n) is 33.9. The van der Waals surface area contributed by atoms with E-state index < -0.39 is 41.1 Å². The first-order valence-corrected chi connectivity index (χ1v) is 19.6. The number of hydrogen-bond acceptors (Lipinski definition) is 7. The van der Waals surface area contributed by atoms with Crippen LogP contribution < -0.4 is 16.4 Å². The van der Waals surface area contributed by atoms with E-state index in [0.29, 0.717) is 32.5 Å². The number of carbonyl (C=O) groups excluding carboxylic acids is 3. The van der Waals surface area contributed by atoms with Gasteiger partial charge in [0.2, 0.25) is 11.8 Å². The molecule has 0 bridgehead atoms. The predicted octanol–water partition coefficient (Wildman–Crippen LogP) is 5.68. The van der Waals surface area contributed by atoms with Crippen LogP contribution in [0.15, 0.2) is 97.2 Å². The van der Waals surface area contributed by atoms with Crippen molar-refractivity contribution in [1.29, 1.82) is 0 Å². The number of nitrogens with one attached hydrogen (secondary N) is 2. The Kier molecular flexibility index (Phi) is 13.7. The van der Waals surface area contributed by atoms with Gasteiger partial charge in [0.25, 0.3) is 0 Å². The Morgan fingerprint density at radius 1 is 0.804 bits per heavy atom. The Morgan fingerprint density at radius 2 is 1.48 bits per heavy atom. The van der Waals surface area contributed by atoms with E-state index in [9.17, 15) is 19.5 Å². The van der Waals surface area contributed by atoms with Gasteiger partial charge in [-0.2, -0.15) is 0 Å². The lowest BCUT2D eigenvalue weighted by molar-refractivity contribution is -0.130. The Hall–Kier alpha value is -5.13. The highest BCUT2D eigenvalue weighted by Gasteiger charge is 2.44. The summed E-state index contributed by atoms with van der Waals surface area (Å²) in [6.45, 7) is 14.7. The van der Waals surface area contributed by atoms with Gasteiger partial charge >= 0.3 is 6.03 Å². The smallest absolute Gasteiger partial charge is 0.321 e. The highest BCUT2D eigenvalue weighted by atomic mass is 16.3. The number of aryl methyl sites for hydroxylation is 1. The van der Waals surface area contributed by atoms with Gasteiger partial charge in [0.15, 0.2) is 0 Å². The third-order valence-corrected chi connectivity index (χ3v) is 10.4. The highest BCUT2D eigenvalue weighted by molar-refractivity contribution is 5.89. The second kappa shape index (κ2) is 18.2. The maximum Gasteiger partial charge on any atom is 0.321 e. The molecule has 56 heavy (non-hydrogen) atoms. The molecule has 5 N–H and O–H groups in total. The first-order chi connectivity index (χ1) is 26.5. The molecule has 0 spiro atoms. The summed E-state index contributed by atoms with van der Waals surface area (Å²) in [5.74, 6) is -0.656. The van der Waals surface area contributed by atoms with Crippen molar-refractivity contribution >= 4 is 17.8 Å². The van der Waals surface area contributed by atoms with Crippen LogP contribution in [0.3, 0.4) is 0 Å². The van der Waals surface area contributed by atoms with Gasteiger partial charge in [0.05, 0.1) is 36.1 Å². The van der Waals surface area contributed by atoms with E-state index in [-0.39, 0.29) is 24.3 Å². The minimum Gasteiger partial charge on any atom is -0.391 e. The second-order valence-corrected chi connectivity index (χ2v) is 17.2. The standard InChI is InChI=1S/C45H59N7O4/c1-30-14-13-17-34(48-30)29-51-24-25-52(43(51)56)40(45(5,6)7)42(55)50-37(27-31-15-9-8-10-16-31)38(53)28-35(49-41(54)39(46)44(2,3)4)26-32-19-21-33(22-20-32)36-18-11-12-23-47-36/h8-23,35,37-40,53H,24-29,46H2,1-7H3,(H,49,54)(H,50,55)/t35-,37-,38-,39+,40+/m0/s1. The fraction of sp³-hybridized carbons (Fsp3) is 0.444. The molecule has 4 amide bonds. The van der Waals surface area contributed by atoms with Crippen LogP contribution in [-0.4, -0.2) is 86.1 Å². The van der Waals surface area contributed by atoms with Gasteiger partial charge in [-0.15, -0.1) is 0 Å². The molecule has 11 nitrogen and oxygen atoms in total. The molecule has 0 aliphatic carbocycles. The summed E-state index contributed by atoms with van der Waals surface area (Å²) in [5, 5.41) is 18.4. The molecular formula is C45H59N7O4. The third kappa shape index (κ3) is 11.2. The Bertz CT molecular complexity index is 1910. The van der Waals surface area contributed by atoms with Gasteiger partial charge < -0.3 is 31.3 Å². The van der Waals surface area contributed by atoms with Gasteiger partial charge in [-0.25, -0.2) is 4.79 Å². The van der Waals surface area contributed by atoms with E-state index in [1.807, 2.05) is 139 Å². The molecule has 1 aliphatic heterocycles. The van der Waals surface area contributed by atoms with Gasteiger partial charge in [-0.3, -0.25) is 19.6 Å². The van der Waals surface area contributed by atoms with Gasteiger partial charge in [0, 0.05) is 36.6 Å². The number of benzene rings is 2. The third-order valence-electron chi connectivity index (χ3n) is 10.4. The number of amides is 4. The number of aliphatic hydroxyl groups excluding tert-OH is 1. The van der Waals surface area contributed by atoms with E-state index in [1.54, 1.807) is 16.0 Å². The number of nitrogens with two attached hydrogens (primary N) is 1. The maximum atomic E-state index is 14.5. The summed E-state index contributed by atoms with van der Waals surface area (Å²) < 4.78 is 0. The van der Waals surface area contributed by atoms with Crippen molar-refractivity contribution in [3.63, 3.8) is 0 Å². The summed E-state index contributed by atoms with van der Waals surface area (Å²) in [7, 11) is 0.